The van der Waals surface area contributed by atoms with Gasteiger partial charge in [-0.3, -0.25) is 28.8 Å². The van der Waals surface area contributed by atoms with Crippen LogP contribution in [0.25, 0.3) is 0 Å². The third-order valence-electron chi connectivity index (χ3n) is 8.71. The number of amides is 6. The molecule has 27 nitrogen and oxygen atoms in total. The van der Waals surface area contributed by atoms with Gasteiger partial charge in [0, 0.05) is 46.9 Å². The summed E-state index contributed by atoms with van der Waals surface area (Å²) >= 11 is 0. The Morgan fingerprint density at radius 3 is 0.944 bits per heavy atom. The number of carbonyl (C=O) groups excluding carboxylic acids is 6. The highest BCUT2D eigenvalue weighted by Crippen LogP contribution is 1.99. The molecule has 0 aromatic rings. The molecule has 0 radical (unpaired) electrons. The fourth-order valence-corrected chi connectivity index (χ4v) is 5.20. The molecule has 0 aliphatic heterocycles. The summed E-state index contributed by atoms with van der Waals surface area (Å²) in [5.41, 5.74) is 0. The highest BCUT2D eigenvalue weighted by atomic mass is 16.6. The quantitative estimate of drug-likeness (QED) is 0.0320. The summed E-state index contributed by atoms with van der Waals surface area (Å²) < 4.78 is 79.4. The molecule has 0 spiro atoms. The summed E-state index contributed by atoms with van der Waals surface area (Å²) in [6.45, 7) is 9.76. The minimum Gasteiger partial charge on any atom is -0.382 e. The molecule has 6 amide bonds. The van der Waals surface area contributed by atoms with Crippen LogP contribution in [0.1, 0.15) is 19.8 Å². The van der Waals surface area contributed by atoms with Crippen molar-refractivity contribution < 1.29 is 99.8 Å². The van der Waals surface area contributed by atoms with Crippen LogP contribution < -0.4 is 31.9 Å². The van der Waals surface area contributed by atoms with E-state index in [2.05, 4.69) is 31.9 Å². The predicted octanol–water partition coefficient (Wildman–Crippen LogP) is -3.64. The molecule has 6 N–H and O–H groups in total. The topological polar surface area (TPSA) is 313 Å². The molecule has 0 heterocycles. The van der Waals surface area contributed by atoms with Gasteiger partial charge in [0.25, 0.3) is 0 Å². The number of methoxy groups -OCH3 is 2. The van der Waals surface area contributed by atoms with E-state index in [0.29, 0.717) is 105 Å². The van der Waals surface area contributed by atoms with Crippen LogP contribution in [-0.4, -0.2) is 273 Å². The molecule has 0 rings (SSSR count). The Morgan fingerprint density at radius 1 is 0.319 bits per heavy atom. The second-order valence-electron chi connectivity index (χ2n) is 14.7. The number of hydrogen-bond acceptors (Lipinski definition) is 21. The molecule has 1 unspecified atom stereocenters. The molecule has 72 heavy (non-hydrogen) atoms. The summed E-state index contributed by atoms with van der Waals surface area (Å²) in [6, 6.07) is -0.921. The average molecular weight is 1050 g/mol. The van der Waals surface area contributed by atoms with E-state index >= 15 is 0 Å². The van der Waals surface area contributed by atoms with Crippen molar-refractivity contribution in [2.45, 2.75) is 25.8 Å². The predicted molar refractivity (Wildman–Crippen MR) is 256 cm³/mol. The van der Waals surface area contributed by atoms with Gasteiger partial charge < -0.3 is 103 Å². The number of likely N-dealkylation sites (N-methyl/N-ethyl adjacent to an activating group) is 1. The summed E-state index contributed by atoms with van der Waals surface area (Å²) in [7, 11) is 3.17. The Balaban J connectivity index is 4.33. The van der Waals surface area contributed by atoms with Crippen molar-refractivity contribution in [3.8, 4) is 0 Å². The molecule has 422 valence electrons. The average Bonchev–Trinajstić information content (AvgIpc) is 3.36. The number of hydrogen-bond donors (Lipinski definition) is 6. The fraction of sp³-hybridized carbons (Fsp3) is 0.867. The van der Waals surface area contributed by atoms with Crippen LogP contribution >= 0.6 is 0 Å². The van der Waals surface area contributed by atoms with Gasteiger partial charge in [0.15, 0.2) is 0 Å². The van der Waals surface area contributed by atoms with Crippen molar-refractivity contribution in [2.75, 3.05) is 232 Å². The van der Waals surface area contributed by atoms with Crippen LogP contribution in [0.15, 0.2) is 0 Å². The van der Waals surface area contributed by atoms with Gasteiger partial charge >= 0.3 is 0 Å². The molecule has 0 fully saturated rings. The molecule has 27 heteroatoms. The SMILES string of the molecule is CCNC(=O)COCCOCCOCCNC(=O)C(CCCNC(=O)COCCOCCOCCNC(=O)COCCOCCOC)NC(=O)COCCOCCOCCNC(=O)COCCOCCOC. The summed E-state index contributed by atoms with van der Waals surface area (Å²) in [5, 5.41) is 16.2. The Labute approximate surface area is 424 Å². The molecule has 1 atom stereocenters. The lowest BCUT2D eigenvalue weighted by molar-refractivity contribution is -0.132. The first kappa shape index (κ1) is 68.2. The van der Waals surface area contributed by atoms with E-state index in [4.69, 9.17) is 71.1 Å². The van der Waals surface area contributed by atoms with Crippen LogP contribution in [0.4, 0.5) is 0 Å². The normalized spacial score (nSPS) is 11.5. The maximum absolute atomic E-state index is 13.1. The fourth-order valence-electron chi connectivity index (χ4n) is 5.20. The van der Waals surface area contributed by atoms with E-state index < -0.39 is 17.9 Å². The van der Waals surface area contributed by atoms with Crippen LogP contribution in [0.3, 0.4) is 0 Å². The zero-order valence-electron chi connectivity index (χ0n) is 42.9. The maximum atomic E-state index is 13.1. The van der Waals surface area contributed by atoms with Gasteiger partial charge in [-0.1, -0.05) is 0 Å². The van der Waals surface area contributed by atoms with Crippen molar-refractivity contribution in [1.29, 1.82) is 0 Å². The van der Waals surface area contributed by atoms with Gasteiger partial charge in [-0.2, -0.15) is 0 Å². The Bertz CT molecular complexity index is 1310. The molecule has 0 saturated carbocycles. The smallest absolute Gasteiger partial charge is 0.246 e. The van der Waals surface area contributed by atoms with Crippen molar-refractivity contribution in [2.24, 2.45) is 0 Å². The van der Waals surface area contributed by atoms with Gasteiger partial charge in [0.2, 0.25) is 35.4 Å². The monoisotopic (exact) mass is 1050 g/mol. The van der Waals surface area contributed by atoms with Gasteiger partial charge in [0.05, 0.1) is 152 Å². The van der Waals surface area contributed by atoms with Crippen molar-refractivity contribution >= 4 is 35.4 Å². The zero-order valence-corrected chi connectivity index (χ0v) is 42.9. The molecule has 0 bridgehead atoms. The lowest BCUT2D eigenvalue weighted by Gasteiger charge is -2.19. The van der Waals surface area contributed by atoms with E-state index in [0.717, 1.165) is 0 Å². The number of carbonyl (C=O) groups is 6. The van der Waals surface area contributed by atoms with E-state index in [1.54, 1.807) is 14.2 Å². The second-order valence-corrected chi connectivity index (χ2v) is 14.7. The highest BCUT2D eigenvalue weighted by Gasteiger charge is 2.20. The van der Waals surface area contributed by atoms with E-state index in [1.165, 1.54) is 0 Å². The number of nitrogens with one attached hydrogen (secondary N) is 6. The van der Waals surface area contributed by atoms with Gasteiger partial charge in [-0.15, -0.1) is 0 Å². The van der Waals surface area contributed by atoms with Crippen LogP contribution in [0.5, 0.6) is 0 Å². The summed E-state index contributed by atoms with van der Waals surface area (Å²) in [6.07, 6.45) is 0.573. The standard InChI is InChI=1S/C45H86N6O21/c1-4-46-40(52)34-68-31-26-66-23-20-62-13-10-50-45(57)39(51-44(56)38-72-33-28-67-22-19-61-12-9-49-43(55)37-71-30-25-64-17-15-59-3)6-5-7-47-41(53)35-69-32-27-65-21-18-60-11-8-48-42(54)36-70-29-24-63-16-14-58-2/h39H,4-38H2,1-3H3,(H,46,52)(H,47,53)(H,48,54)(H,49,55)(H,50,57)(H,51,56). The van der Waals surface area contributed by atoms with Crippen LogP contribution in [0.2, 0.25) is 0 Å². The Hall–Kier alpha value is -3.78. The third-order valence-corrected chi connectivity index (χ3v) is 8.71. The lowest BCUT2D eigenvalue weighted by atomic mass is 10.1. The number of rotatable bonds is 56. The Morgan fingerprint density at radius 2 is 0.597 bits per heavy atom. The Kier molecular flexibility index (Phi) is 52.1. The molecule has 0 aliphatic rings. The van der Waals surface area contributed by atoms with Crippen molar-refractivity contribution in [3.05, 3.63) is 0 Å². The first-order chi connectivity index (χ1) is 35.2. The number of ether oxygens (including phenoxy) is 15. The van der Waals surface area contributed by atoms with Crippen molar-refractivity contribution in [1.82, 2.24) is 31.9 Å². The molecular weight excluding hydrogens is 961 g/mol. The van der Waals surface area contributed by atoms with Gasteiger partial charge in [-0.05, 0) is 19.8 Å². The van der Waals surface area contributed by atoms with Gasteiger partial charge in [-0.25, -0.2) is 0 Å². The minimum absolute atomic E-state index is 0.0376. The third kappa shape index (κ3) is 51.1. The van der Waals surface area contributed by atoms with Crippen molar-refractivity contribution in [3.63, 3.8) is 0 Å². The molecule has 0 aromatic heterocycles. The van der Waals surface area contributed by atoms with Crippen LogP contribution in [0, 0.1) is 0 Å². The molecule has 0 aliphatic carbocycles. The largest absolute Gasteiger partial charge is 0.382 e. The van der Waals surface area contributed by atoms with E-state index in [-0.39, 0.29) is 149 Å². The van der Waals surface area contributed by atoms with E-state index in [9.17, 15) is 28.8 Å². The highest BCUT2D eigenvalue weighted by molar-refractivity contribution is 5.88. The van der Waals surface area contributed by atoms with E-state index in [1.807, 2.05) is 6.92 Å². The maximum Gasteiger partial charge on any atom is 0.246 e. The van der Waals surface area contributed by atoms with Gasteiger partial charge in [0.1, 0.15) is 39.1 Å². The second kappa shape index (κ2) is 55.0. The zero-order chi connectivity index (χ0) is 52.6. The first-order valence-electron chi connectivity index (χ1n) is 24.4. The first-order valence-corrected chi connectivity index (χ1v) is 24.4. The van der Waals surface area contributed by atoms with Crippen LogP contribution in [-0.2, 0) is 99.8 Å². The lowest BCUT2D eigenvalue weighted by Crippen LogP contribution is -2.48. The minimum atomic E-state index is -0.921. The summed E-state index contributed by atoms with van der Waals surface area (Å²) in [5.74, 6) is -2.02. The summed E-state index contributed by atoms with van der Waals surface area (Å²) in [4.78, 5) is 73.1. The molecule has 0 saturated heterocycles. The molecular formula is C45H86N6O21. The molecule has 0 aromatic carbocycles.